The highest BCUT2D eigenvalue weighted by Crippen LogP contribution is 2.31. The fourth-order valence-corrected chi connectivity index (χ4v) is 2.60. The molecule has 1 amide bonds. The van der Waals surface area contributed by atoms with E-state index in [2.05, 4.69) is 26.3 Å². The number of pyridine rings is 1. The Morgan fingerprint density at radius 3 is 2.88 bits per heavy atom. The van der Waals surface area contributed by atoms with Gasteiger partial charge in [0.05, 0.1) is 0 Å². The van der Waals surface area contributed by atoms with Gasteiger partial charge in [-0.15, -0.1) is 11.8 Å². The van der Waals surface area contributed by atoms with Crippen molar-refractivity contribution in [3.05, 3.63) is 22.8 Å². The summed E-state index contributed by atoms with van der Waals surface area (Å²) in [7, 11) is 0. The van der Waals surface area contributed by atoms with Gasteiger partial charge in [-0.05, 0) is 28.1 Å². The Morgan fingerprint density at radius 1 is 1.62 bits per heavy atom. The van der Waals surface area contributed by atoms with Gasteiger partial charge in [0.1, 0.15) is 5.03 Å². The molecule has 1 heterocycles. The van der Waals surface area contributed by atoms with E-state index < -0.39 is 0 Å². The lowest BCUT2D eigenvalue weighted by Crippen LogP contribution is -2.38. The Labute approximate surface area is 107 Å². The summed E-state index contributed by atoms with van der Waals surface area (Å²) in [6, 6.07) is 3.78. The Bertz CT molecular complexity index is 375. The van der Waals surface area contributed by atoms with Crippen molar-refractivity contribution in [1.29, 1.82) is 0 Å². The van der Waals surface area contributed by atoms with Crippen LogP contribution in [0.2, 0.25) is 0 Å². The monoisotopic (exact) mass is 303 g/mol. The molecule has 0 saturated heterocycles. The molecule has 1 aromatic heterocycles. The van der Waals surface area contributed by atoms with E-state index in [4.69, 9.17) is 5.84 Å². The number of carbonyl (C=O) groups excluding carboxylic acids is 1. The van der Waals surface area contributed by atoms with Crippen molar-refractivity contribution in [2.24, 2.45) is 11.8 Å². The third-order valence-electron chi connectivity index (χ3n) is 2.28. The van der Waals surface area contributed by atoms with Crippen LogP contribution in [0, 0.1) is 5.92 Å². The summed E-state index contributed by atoms with van der Waals surface area (Å²) in [4.78, 5) is 15.6. The van der Waals surface area contributed by atoms with Crippen molar-refractivity contribution >= 4 is 33.6 Å². The molecule has 0 aromatic carbocycles. The number of hydrazine groups is 1. The van der Waals surface area contributed by atoms with Crippen molar-refractivity contribution in [2.75, 3.05) is 0 Å². The Balaban J connectivity index is 2.68. The number of carbonyl (C=O) groups is 1. The number of nitrogens with zero attached hydrogens (tertiary/aromatic N) is 1. The normalized spacial score (nSPS) is 14.2. The van der Waals surface area contributed by atoms with E-state index in [0.29, 0.717) is 0 Å². The molecule has 3 N–H and O–H groups in total. The molecule has 88 valence electrons. The average molecular weight is 304 g/mol. The SMILES string of the molecule is CC(Sc1ncccc1Br)C(C)C(=O)NN. The first-order valence-electron chi connectivity index (χ1n) is 4.84. The first kappa shape index (κ1) is 13.5. The maximum Gasteiger partial charge on any atom is 0.237 e. The molecule has 6 heteroatoms. The Morgan fingerprint density at radius 2 is 2.31 bits per heavy atom. The summed E-state index contributed by atoms with van der Waals surface area (Å²) in [5, 5.41) is 0.987. The van der Waals surface area contributed by atoms with Crippen LogP contribution in [0.3, 0.4) is 0 Å². The lowest BCUT2D eigenvalue weighted by Gasteiger charge is -2.17. The zero-order valence-corrected chi connectivity index (χ0v) is 11.5. The molecule has 0 spiro atoms. The molecule has 2 atom stereocenters. The number of hydrogen-bond donors (Lipinski definition) is 2. The molecule has 0 saturated carbocycles. The highest BCUT2D eigenvalue weighted by atomic mass is 79.9. The average Bonchev–Trinajstić information content (AvgIpc) is 2.30. The number of hydrogen-bond acceptors (Lipinski definition) is 4. The number of amides is 1. The predicted octanol–water partition coefficient (Wildman–Crippen LogP) is 1.95. The van der Waals surface area contributed by atoms with Gasteiger partial charge in [-0.1, -0.05) is 13.8 Å². The number of rotatable bonds is 4. The van der Waals surface area contributed by atoms with Gasteiger partial charge >= 0.3 is 0 Å². The number of aromatic nitrogens is 1. The molecule has 0 aliphatic carbocycles. The van der Waals surface area contributed by atoms with Gasteiger partial charge in [0.25, 0.3) is 0 Å². The van der Waals surface area contributed by atoms with E-state index in [-0.39, 0.29) is 17.1 Å². The molecule has 2 unspecified atom stereocenters. The number of thioether (sulfide) groups is 1. The van der Waals surface area contributed by atoms with Crippen LogP contribution in [-0.2, 0) is 4.79 Å². The van der Waals surface area contributed by atoms with Gasteiger partial charge in [0.15, 0.2) is 0 Å². The molecule has 1 aromatic rings. The molecule has 0 aliphatic heterocycles. The quantitative estimate of drug-likeness (QED) is 0.386. The summed E-state index contributed by atoms with van der Waals surface area (Å²) in [5.41, 5.74) is 2.16. The Hall–Kier alpha value is -0.590. The van der Waals surface area contributed by atoms with Gasteiger partial charge in [-0.2, -0.15) is 0 Å². The van der Waals surface area contributed by atoms with E-state index >= 15 is 0 Å². The van der Waals surface area contributed by atoms with Crippen LogP contribution < -0.4 is 11.3 Å². The van der Waals surface area contributed by atoms with Crippen LogP contribution in [0.5, 0.6) is 0 Å². The maximum absolute atomic E-state index is 11.3. The highest BCUT2D eigenvalue weighted by Gasteiger charge is 2.21. The van der Waals surface area contributed by atoms with Crippen molar-refractivity contribution in [1.82, 2.24) is 10.4 Å². The molecular formula is C10H14BrN3OS. The zero-order chi connectivity index (χ0) is 12.1. The minimum Gasteiger partial charge on any atom is -0.294 e. The third kappa shape index (κ3) is 3.47. The number of halogens is 1. The first-order valence-corrected chi connectivity index (χ1v) is 6.51. The first-order chi connectivity index (χ1) is 7.56. The maximum atomic E-state index is 11.3. The summed E-state index contributed by atoms with van der Waals surface area (Å²) in [6.45, 7) is 3.82. The van der Waals surface area contributed by atoms with E-state index in [1.807, 2.05) is 26.0 Å². The van der Waals surface area contributed by atoms with Crippen LogP contribution in [0.1, 0.15) is 13.8 Å². The summed E-state index contributed by atoms with van der Waals surface area (Å²) in [6.07, 6.45) is 1.73. The molecule has 0 bridgehead atoms. The van der Waals surface area contributed by atoms with Crippen LogP contribution in [0.25, 0.3) is 0 Å². The summed E-state index contributed by atoms with van der Waals surface area (Å²) >= 11 is 4.97. The smallest absolute Gasteiger partial charge is 0.237 e. The van der Waals surface area contributed by atoms with Crippen molar-refractivity contribution < 1.29 is 4.79 Å². The van der Waals surface area contributed by atoms with E-state index in [9.17, 15) is 4.79 Å². The number of nitrogens with two attached hydrogens (primary N) is 1. The van der Waals surface area contributed by atoms with Gasteiger partial charge < -0.3 is 0 Å². The predicted molar refractivity (Wildman–Crippen MR) is 68.8 cm³/mol. The van der Waals surface area contributed by atoms with Crippen molar-refractivity contribution in [3.63, 3.8) is 0 Å². The Kier molecular flexibility index (Phi) is 5.24. The van der Waals surface area contributed by atoms with Gasteiger partial charge in [-0.3, -0.25) is 10.2 Å². The number of nitrogens with one attached hydrogen (secondary N) is 1. The van der Waals surface area contributed by atoms with Crippen molar-refractivity contribution in [2.45, 2.75) is 24.1 Å². The van der Waals surface area contributed by atoms with Crippen LogP contribution in [-0.4, -0.2) is 16.1 Å². The fraction of sp³-hybridized carbons (Fsp3) is 0.400. The molecule has 0 radical (unpaired) electrons. The molecule has 0 fully saturated rings. The standard InChI is InChI=1S/C10H14BrN3OS/c1-6(9(15)14-12)7(2)16-10-8(11)4-3-5-13-10/h3-7H,12H2,1-2H3,(H,14,15). The minimum absolute atomic E-state index is 0.106. The second-order valence-corrected chi connectivity index (χ2v) is 5.63. The fourth-order valence-electron chi connectivity index (χ4n) is 1.08. The third-order valence-corrected chi connectivity index (χ3v) is 4.51. The van der Waals surface area contributed by atoms with Crippen LogP contribution in [0.4, 0.5) is 0 Å². The van der Waals surface area contributed by atoms with Gasteiger partial charge in [0, 0.05) is 21.8 Å². The summed E-state index contributed by atoms with van der Waals surface area (Å²) < 4.78 is 0.937. The minimum atomic E-state index is -0.163. The van der Waals surface area contributed by atoms with E-state index in [1.165, 1.54) is 0 Å². The van der Waals surface area contributed by atoms with E-state index in [1.54, 1.807) is 18.0 Å². The lowest BCUT2D eigenvalue weighted by atomic mass is 10.1. The molecular weight excluding hydrogens is 290 g/mol. The van der Waals surface area contributed by atoms with Gasteiger partial charge in [0.2, 0.25) is 5.91 Å². The topological polar surface area (TPSA) is 68.0 Å². The summed E-state index contributed by atoms with van der Waals surface area (Å²) in [5.74, 6) is 4.78. The molecule has 0 aliphatic rings. The van der Waals surface area contributed by atoms with Gasteiger partial charge in [-0.25, -0.2) is 10.8 Å². The molecule has 1 rings (SSSR count). The van der Waals surface area contributed by atoms with Crippen molar-refractivity contribution in [3.8, 4) is 0 Å². The van der Waals surface area contributed by atoms with Crippen LogP contribution >= 0.6 is 27.7 Å². The lowest BCUT2D eigenvalue weighted by molar-refractivity contribution is -0.124. The van der Waals surface area contributed by atoms with E-state index in [0.717, 1.165) is 9.50 Å². The molecule has 4 nitrogen and oxygen atoms in total. The molecule has 16 heavy (non-hydrogen) atoms. The zero-order valence-electron chi connectivity index (χ0n) is 9.11. The second-order valence-electron chi connectivity index (χ2n) is 3.41. The largest absolute Gasteiger partial charge is 0.294 e. The highest BCUT2D eigenvalue weighted by molar-refractivity contribution is 9.10. The second kappa shape index (κ2) is 6.22. The van der Waals surface area contributed by atoms with Crippen LogP contribution in [0.15, 0.2) is 27.8 Å².